The van der Waals surface area contributed by atoms with Gasteiger partial charge in [0, 0.05) is 6.20 Å². The number of pyridine rings is 1. The highest BCUT2D eigenvalue weighted by molar-refractivity contribution is 14.1. The molecular formula is C7H2ClF3INO. The second-order valence-electron chi connectivity index (χ2n) is 2.32. The van der Waals surface area contributed by atoms with Gasteiger partial charge in [-0.3, -0.25) is 4.79 Å². The Labute approximate surface area is 95.6 Å². The lowest BCUT2D eigenvalue weighted by Crippen LogP contribution is -2.12. The van der Waals surface area contributed by atoms with Gasteiger partial charge in [-0.05, 0) is 40.3 Å². The quantitative estimate of drug-likeness (QED) is 0.448. The molecule has 0 spiro atoms. The predicted octanol–water partition coefficient (Wildman–Crippen LogP) is 3.08. The van der Waals surface area contributed by atoms with Gasteiger partial charge >= 0.3 is 6.18 Å². The highest BCUT2D eigenvalue weighted by atomic mass is 127. The van der Waals surface area contributed by atoms with Gasteiger partial charge in [0.05, 0.1) is 11.1 Å². The van der Waals surface area contributed by atoms with Crippen LogP contribution in [0.25, 0.3) is 0 Å². The minimum absolute atomic E-state index is 0.150. The zero-order valence-corrected chi connectivity index (χ0v) is 9.31. The van der Waals surface area contributed by atoms with Gasteiger partial charge in [0.15, 0.2) is 0 Å². The minimum atomic E-state index is -4.59. The molecule has 76 valence electrons. The molecule has 0 bridgehead atoms. The molecule has 0 amide bonds. The van der Waals surface area contributed by atoms with Crippen LogP contribution in [0.1, 0.15) is 15.9 Å². The first-order valence-corrected chi connectivity index (χ1v) is 4.70. The van der Waals surface area contributed by atoms with Crippen molar-refractivity contribution in [1.82, 2.24) is 4.98 Å². The Kier molecular flexibility index (Phi) is 3.36. The topological polar surface area (TPSA) is 30.0 Å². The SMILES string of the molecule is O=C(Cl)c1cnc(I)cc1C(F)(F)F. The molecule has 1 aromatic rings. The molecule has 14 heavy (non-hydrogen) atoms. The van der Waals surface area contributed by atoms with Gasteiger partial charge in [-0.25, -0.2) is 4.98 Å². The molecular weight excluding hydrogens is 333 g/mol. The number of halogens is 5. The average Bonchev–Trinajstić information content (AvgIpc) is 2.01. The fourth-order valence-electron chi connectivity index (χ4n) is 0.821. The van der Waals surface area contributed by atoms with Gasteiger partial charge in [-0.2, -0.15) is 13.2 Å². The van der Waals surface area contributed by atoms with Crippen molar-refractivity contribution in [3.05, 3.63) is 27.1 Å². The first kappa shape index (κ1) is 11.7. The molecule has 0 atom stereocenters. The van der Waals surface area contributed by atoms with Crippen LogP contribution in [0.5, 0.6) is 0 Å². The second kappa shape index (κ2) is 4.01. The van der Waals surface area contributed by atoms with Crippen LogP contribution >= 0.6 is 34.2 Å². The number of rotatable bonds is 1. The van der Waals surface area contributed by atoms with E-state index in [0.717, 1.165) is 12.3 Å². The van der Waals surface area contributed by atoms with E-state index in [1.807, 2.05) is 0 Å². The molecule has 1 aromatic heterocycles. The number of alkyl halides is 3. The first-order valence-electron chi connectivity index (χ1n) is 3.25. The molecule has 0 aliphatic rings. The fraction of sp³-hybridized carbons (Fsp3) is 0.143. The normalized spacial score (nSPS) is 11.5. The standard InChI is InChI=1S/C7H2ClF3INO/c8-6(14)3-2-13-5(12)1-4(3)7(9,10)11/h1-2H. The molecule has 0 aliphatic carbocycles. The third-order valence-corrected chi connectivity index (χ3v) is 2.18. The van der Waals surface area contributed by atoms with Crippen LogP contribution in [0.4, 0.5) is 13.2 Å². The van der Waals surface area contributed by atoms with E-state index in [4.69, 9.17) is 11.6 Å². The van der Waals surface area contributed by atoms with Gasteiger partial charge in [-0.15, -0.1) is 0 Å². The summed E-state index contributed by atoms with van der Waals surface area (Å²) in [5, 5.41) is -1.17. The van der Waals surface area contributed by atoms with Crippen LogP contribution in [0.15, 0.2) is 12.3 Å². The van der Waals surface area contributed by atoms with E-state index in [2.05, 4.69) is 4.98 Å². The zero-order chi connectivity index (χ0) is 10.9. The molecule has 0 N–H and O–H groups in total. The van der Waals surface area contributed by atoms with Gasteiger partial charge in [0.2, 0.25) is 0 Å². The van der Waals surface area contributed by atoms with Gasteiger partial charge in [0.1, 0.15) is 3.70 Å². The third kappa shape index (κ3) is 2.57. The van der Waals surface area contributed by atoms with Gasteiger partial charge < -0.3 is 0 Å². The summed E-state index contributed by atoms with van der Waals surface area (Å²) in [6.07, 6.45) is -3.78. The monoisotopic (exact) mass is 335 g/mol. The third-order valence-electron chi connectivity index (χ3n) is 1.39. The van der Waals surface area contributed by atoms with Crippen molar-refractivity contribution in [3.8, 4) is 0 Å². The van der Waals surface area contributed by atoms with Crippen LogP contribution in [0, 0.1) is 3.70 Å². The Hall–Kier alpha value is -0.370. The second-order valence-corrected chi connectivity index (χ2v) is 3.77. The van der Waals surface area contributed by atoms with Crippen LogP contribution < -0.4 is 0 Å². The molecule has 0 saturated carbocycles. The molecule has 0 unspecified atom stereocenters. The summed E-state index contributed by atoms with van der Waals surface area (Å²) in [5.74, 6) is 0. The lowest BCUT2D eigenvalue weighted by molar-refractivity contribution is -0.138. The van der Waals surface area contributed by atoms with Gasteiger partial charge in [-0.1, -0.05) is 0 Å². The number of nitrogens with zero attached hydrogens (tertiary/aromatic N) is 1. The van der Waals surface area contributed by atoms with Crippen molar-refractivity contribution in [3.63, 3.8) is 0 Å². The summed E-state index contributed by atoms with van der Waals surface area (Å²) in [7, 11) is 0. The minimum Gasteiger partial charge on any atom is -0.276 e. The summed E-state index contributed by atoms with van der Waals surface area (Å²) in [5.41, 5.74) is -1.68. The fourth-order valence-corrected chi connectivity index (χ4v) is 1.42. The number of hydrogen-bond acceptors (Lipinski definition) is 2. The van der Waals surface area contributed by atoms with E-state index in [1.165, 1.54) is 0 Å². The summed E-state index contributed by atoms with van der Waals surface area (Å²) in [6.45, 7) is 0. The molecule has 7 heteroatoms. The Bertz CT molecular complexity index is 380. The largest absolute Gasteiger partial charge is 0.417 e. The van der Waals surface area contributed by atoms with Crippen molar-refractivity contribution in [2.24, 2.45) is 0 Å². The molecule has 0 aromatic carbocycles. The Morgan fingerprint density at radius 1 is 1.50 bits per heavy atom. The number of carbonyl (C=O) groups excluding carboxylic acids is 1. The molecule has 1 heterocycles. The van der Waals surface area contributed by atoms with Crippen molar-refractivity contribution in [2.75, 3.05) is 0 Å². The summed E-state index contributed by atoms with van der Waals surface area (Å²) in [6, 6.07) is 0.774. The number of carbonyl (C=O) groups is 1. The van der Waals surface area contributed by atoms with Crippen LogP contribution in [-0.4, -0.2) is 10.2 Å². The number of aromatic nitrogens is 1. The molecule has 0 fully saturated rings. The smallest absolute Gasteiger partial charge is 0.276 e. The Morgan fingerprint density at radius 2 is 2.07 bits per heavy atom. The van der Waals surface area contributed by atoms with Crippen molar-refractivity contribution >= 4 is 39.4 Å². The van der Waals surface area contributed by atoms with E-state index < -0.39 is 22.5 Å². The van der Waals surface area contributed by atoms with Crippen LogP contribution in [0.2, 0.25) is 0 Å². The first-order chi connectivity index (χ1) is 6.32. The predicted molar refractivity (Wildman–Crippen MR) is 52.1 cm³/mol. The summed E-state index contributed by atoms with van der Waals surface area (Å²) < 4.78 is 37.2. The van der Waals surface area contributed by atoms with Crippen LogP contribution in [0.3, 0.4) is 0 Å². The maximum Gasteiger partial charge on any atom is 0.417 e. The van der Waals surface area contributed by atoms with E-state index in [1.54, 1.807) is 22.6 Å². The van der Waals surface area contributed by atoms with E-state index >= 15 is 0 Å². The highest BCUT2D eigenvalue weighted by Crippen LogP contribution is 2.32. The lowest BCUT2D eigenvalue weighted by Gasteiger charge is -2.09. The van der Waals surface area contributed by atoms with Crippen molar-refractivity contribution in [2.45, 2.75) is 6.18 Å². The van der Waals surface area contributed by atoms with Crippen LogP contribution in [-0.2, 0) is 6.18 Å². The summed E-state index contributed by atoms with van der Waals surface area (Å²) in [4.78, 5) is 14.2. The molecule has 0 saturated heterocycles. The van der Waals surface area contributed by atoms with Crippen molar-refractivity contribution in [1.29, 1.82) is 0 Å². The maximum atomic E-state index is 12.3. The molecule has 0 radical (unpaired) electrons. The Morgan fingerprint density at radius 3 is 2.50 bits per heavy atom. The summed E-state index contributed by atoms with van der Waals surface area (Å²) >= 11 is 6.61. The van der Waals surface area contributed by atoms with E-state index in [9.17, 15) is 18.0 Å². The van der Waals surface area contributed by atoms with Gasteiger partial charge in [0.25, 0.3) is 5.24 Å². The molecule has 1 rings (SSSR count). The van der Waals surface area contributed by atoms with E-state index in [-0.39, 0.29) is 3.70 Å². The lowest BCUT2D eigenvalue weighted by atomic mass is 10.1. The number of hydrogen-bond donors (Lipinski definition) is 0. The zero-order valence-electron chi connectivity index (χ0n) is 6.40. The Balaban J connectivity index is 3.38. The average molecular weight is 335 g/mol. The molecule has 2 nitrogen and oxygen atoms in total. The van der Waals surface area contributed by atoms with E-state index in [0.29, 0.717) is 0 Å². The highest BCUT2D eigenvalue weighted by Gasteiger charge is 2.35. The maximum absolute atomic E-state index is 12.3. The molecule has 0 aliphatic heterocycles. The van der Waals surface area contributed by atoms with Crippen molar-refractivity contribution < 1.29 is 18.0 Å².